The van der Waals surface area contributed by atoms with Crippen molar-refractivity contribution in [1.82, 2.24) is 15.5 Å². The molecule has 1 amide bonds. The summed E-state index contributed by atoms with van der Waals surface area (Å²) >= 11 is 4.57. The third-order valence-corrected chi connectivity index (χ3v) is 7.40. The molecule has 29 heavy (non-hydrogen) atoms. The zero-order chi connectivity index (χ0) is 20.5. The normalized spacial score (nSPS) is 11.8. The molecule has 1 unspecified atom stereocenters. The van der Waals surface area contributed by atoms with Crippen molar-refractivity contribution in [2.45, 2.75) is 28.1 Å². The Labute approximate surface area is 184 Å². The van der Waals surface area contributed by atoms with Crippen LogP contribution in [0.4, 0.5) is 0 Å². The largest absolute Gasteiger partial charge is 0.348 e. The van der Waals surface area contributed by atoms with Crippen LogP contribution in [0.2, 0.25) is 0 Å². The molecule has 4 nitrogen and oxygen atoms in total. The van der Waals surface area contributed by atoms with Gasteiger partial charge in [0.2, 0.25) is 5.91 Å². The van der Waals surface area contributed by atoms with Gasteiger partial charge in [0.1, 0.15) is 0 Å². The predicted molar refractivity (Wildman–Crippen MR) is 124 cm³/mol. The van der Waals surface area contributed by atoms with Gasteiger partial charge in [-0.3, -0.25) is 4.79 Å². The second-order valence-corrected chi connectivity index (χ2v) is 10.0. The van der Waals surface area contributed by atoms with Crippen LogP contribution >= 0.6 is 34.9 Å². The summed E-state index contributed by atoms with van der Waals surface area (Å²) < 4.78 is 1.71. The third kappa shape index (κ3) is 7.34. The first kappa shape index (κ1) is 21.6. The molecule has 0 aliphatic rings. The lowest BCUT2D eigenvalue weighted by atomic mass is 9.99. The lowest BCUT2D eigenvalue weighted by Gasteiger charge is -2.19. The Hall–Kier alpha value is -2.09. The first-order valence-corrected chi connectivity index (χ1v) is 12.0. The van der Waals surface area contributed by atoms with E-state index in [1.807, 2.05) is 43.3 Å². The highest BCUT2D eigenvalue weighted by molar-refractivity contribution is 8.03. The number of aromatic nitrogens is 2. The molecular weight excluding hydrogens is 418 g/mol. The van der Waals surface area contributed by atoms with Crippen molar-refractivity contribution in [2.24, 2.45) is 0 Å². The van der Waals surface area contributed by atoms with E-state index in [9.17, 15) is 4.79 Å². The van der Waals surface area contributed by atoms with Crippen molar-refractivity contribution in [2.75, 3.05) is 11.5 Å². The summed E-state index contributed by atoms with van der Waals surface area (Å²) in [5.41, 5.74) is 3.39. The predicted octanol–water partition coefficient (Wildman–Crippen LogP) is 5.40. The van der Waals surface area contributed by atoms with Crippen LogP contribution in [-0.4, -0.2) is 27.6 Å². The molecule has 0 spiro atoms. The molecule has 7 heteroatoms. The van der Waals surface area contributed by atoms with Crippen LogP contribution in [0.5, 0.6) is 0 Å². The maximum absolute atomic E-state index is 12.6. The molecule has 150 valence electrons. The van der Waals surface area contributed by atoms with E-state index in [0.29, 0.717) is 5.75 Å². The van der Waals surface area contributed by atoms with E-state index in [1.165, 1.54) is 28.7 Å². The van der Waals surface area contributed by atoms with Crippen molar-refractivity contribution in [3.8, 4) is 0 Å². The van der Waals surface area contributed by atoms with E-state index in [4.69, 9.17) is 0 Å². The average molecular weight is 442 g/mol. The fourth-order valence-corrected chi connectivity index (χ4v) is 5.32. The van der Waals surface area contributed by atoms with Gasteiger partial charge in [-0.1, -0.05) is 108 Å². The van der Waals surface area contributed by atoms with E-state index >= 15 is 0 Å². The van der Waals surface area contributed by atoms with Crippen LogP contribution in [0.15, 0.2) is 81.5 Å². The number of thioether (sulfide) groups is 2. The summed E-state index contributed by atoms with van der Waals surface area (Å²) in [7, 11) is 0. The number of nitrogens with zero attached hydrogens (tertiary/aromatic N) is 2. The van der Waals surface area contributed by atoms with E-state index in [0.717, 1.165) is 32.0 Å². The first-order chi connectivity index (χ1) is 14.1. The Balaban J connectivity index is 1.57. The molecule has 0 bridgehead atoms. The second-order valence-electron chi connectivity index (χ2n) is 6.59. The van der Waals surface area contributed by atoms with Crippen molar-refractivity contribution >= 4 is 40.8 Å². The van der Waals surface area contributed by atoms with Crippen molar-refractivity contribution < 1.29 is 4.79 Å². The van der Waals surface area contributed by atoms with E-state index < -0.39 is 0 Å². The number of nitrogens with one attached hydrogen (secondary N) is 1. The standard InChI is InChI=1S/C22H23N3OS3/c1-16(2)14-27-21-24-25-22(29-21)28-15-20(26)23-19(18-11-7-4-8-12-18)13-17-9-5-3-6-10-17/h3-12,19H,1,13-15H2,2H3,(H,23,26). The smallest absolute Gasteiger partial charge is 0.230 e. The second kappa shape index (κ2) is 11.2. The van der Waals surface area contributed by atoms with Gasteiger partial charge < -0.3 is 5.32 Å². The van der Waals surface area contributed by atoms with E-state index in [-0.39, 0.29) is 11.9 Å². The first-order valence-electron chi connectivity index (χ1n) is 9.22. The fourth-order valence-electron chi connectivity index (χ4n) is 2.65. The van der Waals surface area contributed by atoms with Crippen LogP contribution in [0, 0.1) is 0 Å². The van der Waals surface area contributed by atoms with Crippen LogP contribution < -0.4 is 5.32 Å². The Bertz CT molecular complexity index is 929. The van der Waals surface area contributed by atoms with Crippen LogP contribution in [-0.2, 0) is 11.2 Å². The molecule has 1 heterocycles. The Morgan fingerprint density at radius 3 is 2.21 bits per heavy atom. The summed E-state index contributed by atoms with van der Waals surface area (Å²) in [4.78, 5) is 12.6. The molecule has 0 aliphatic heterocycles. The summed E-state index contributed by atoms with van der Waals surface area (Å²) in [6.07, 6.45) is 0.752. The molecule has 0 fully saturated rings. The van der Waals surface area contributed by atoms with E-state index in [1.54, 1.807) is 11.8 Å². The number of hydrogen-bond donors (Lipinski definition) is 1. The number of benzene rings is 2. The molecule has 1 aromatic heterocycles. The lowest BCUT2D eigenvalue weighted by molar-refractivity contribution is -0.119. The van der Waals surface area contributed by atoms with Gasteiger partial charge in [-0.2, -0.15) is 0 Å². The molecule has 3 aromatic rings. The summed E-state index contributed by atoms with van der Waals surface area (Å²) in [5, 5.41) is 11.5. The topological polar surface area (TPSA) is 54.9 Å². The van der Waals surface area contributed by atoms with Gasteiger partial charge in [-0.25, -0.2) is 0 Å². The maximum atomic E-state index is 12.6. The van der Waals surface area contributed by atoms with E-state index in [2.05, 4.69) is 46.4 Å². The number of hydrogen-bond acceptors (Lipinski definition) is 6. The van der Waals surface area contributed by atoms with Gasteiger partial charge in [-0.05, 0) is 24.5 Å². The SMILES string of the molecule is C=C(C)CSc1nnc(SCC(=O)NC(Cc2ccccc2)c2ccccc2)s1. The highest BCUT2D eigenvalue weighted by atomic mass is 32.2. The number of carbonyl (C=O) groups excluding carboxylic acids is 1. The molecule has 0 aliphatic carbocycles. The zero-order valence-corrected chi connectivity index (χ0v) is 18.7. The Morgan fingerprint density at radius 2 is 1.59 bits per heavy atom. The summed E-state index contributed by atoms with van der Waals surface area (Å²) in [5.74, 6) is 1.14. The van der Waals surface area contributed by atoms with Gasteiger partial charge in [0.15, 0.2) is 8.68 Å². The molecule has 0 radical (unpaired) electrons. The molecule has 0 saturated heterocycles. The van der Waals surface area contributed by atoms with Crippen LogP contribution in [0.1, 0.15) is 24.1 Å². The number of amides is 1. The maximum Gasteiger partial charge on any atom is 0.230 e. The quantitative estimate of drug-likeness (QED) is 0.337. The highest BCUT2D eigenvalue weighted by Crippen LogP contribution is 2.29. The Morgan fingerprint density at radius 1 is 1.00 bits per heavy atom. The van der Waals surface area contributed by atoms with Crippen molar-refractivity contribution in [1.29, 1.82) is 0 Å². The van der Waals surface area contributed by atoms with Crippen molar-refractivity contribution in [3.05, 3.63) is 83.9 Å². The van der Waals surface area contributed by atoms with Crippen molar-refractivity contribution in [3.63, 3.8) is 0 Å². The average Bonchev–Trinajstić information content (AvgIpc) is 3.20. The minimum absolute atomic E-state index is 0.00822. The molecule has 0 saturated carbocycles. The summed E-state index contributed by atoms with van der Waals surface area (Å²) in [6.45, 7) is 5.89. The zero-order valence-electron chi connectivity index (χ0n) is 16.2. The molecular formula is C22H23N3OS3. The third-order valence-electron chi connectivity index (χ3n) is 3.98. The fraction of sp³-hybridized carbons (Fsp3) is 0.227. The molecule has 1 atom stereocenters. The van der Waals surface area contributed by atoms with Gasteiger partial charge in [-0.15, -0.1) is 10.2 Å². The lowest BCUT2D eigenvalue weighted by Crippen LogP contribution is -2.31. The summed E-state index contributed by atoms with van der Waals surface area (Å²) in [6, 6.07) is 20.2. The van der Waals surface area contributed by atoms with Gasteiger partial charge in [0.05, 0.1) is 11.8 Å². The van der Waals surface area contributed by atoms with Gasteiger partial charge >= 0.3 is 0 Å². The molecule has 2 aromatic carbocycles. The minimum Gasteiger partial charge on any atom is -0.348 e. The molecule has 1 N–H and O–H groups in total. The van der Waals surface area contributed by atoms with Gasteiger partial charge in [0.25, 0.3) is 0 Å². The van der Waals surface area contributed by atoms with Crippen LogP contribution in [0.25, 0.3) is 0 Å². The Kier molecular flexibility index (Phi) is 8.34. The highest BCUT2D eigenvalue weighted by Gasteiger charge is 2.16. The number of carbonyl (C=O) groups is 1. The molecule has 3 rings (SSSR count). The number of rotatable bonds is 10. The minimum atomic E-state index is -0.0668. The van der Waals surface area contributed by atoms with Gasteiger partial charge in [0, 0.05) is 5.75 Å². The van der Waals surface area contributed by atoms with Crippen LogP contribution in [0.3, 0.4) is 0 Å². The monoisotopic (exact) mass is 441 g/mol.